The van der Waals surface area contributed by atoms with E-state index in [1.165, 1.54) is 0 Å². The fourth-order valence-corrected chi connectivity index (χ4v) is 0. The topological polar surface area (TPSA) is 0 Å². The zero-order valence-corrected chi connectivity index (χ0v) is 11.9. The standard InChI is InChI=1S/4GeH4.5Sc/h4*1H4;;;;;. The first-order valence-corrected chi connectivity index (χ1v) is 0. The molecule has 0 bridgehead atoms. The van der Waals surface area contributed by atoms with E-state index in [1.54, 1.807) is 0 Å². The Morgan fingerprint density at radius 2 is 0.222 bits per heavy atom. The summed E-state index contributed by atoms with van der Waals surface area (Å²) < 4.78 is 0. The van der Waals surface area contributed by atoms with Gasteiger partial charge < -0.3 is 0 Å². The molecule has 0 N–H and O–H groups in total. The Morgan fingerprint density at radius 3 is 0.222 bits per heavy atom. The van der Waals surface area contributed by atoms with E-state index in [-0.39, 0.29) is 200 Å². The van der Waals surface area contributed by atoms with Gasteiger partial charge in [-0.1, -0.05) is 0 Å². The largest absolute Gasteiger partial charge is 0 e. The molecule has 5 radical (unpaired) electrons. The van der Waals surface area contributed by atoms with Gasteiger partial charge in [0.25, 0.3) is 0 Å². The van der Waals surface area contributed by atoms with Crippen LogP contribution in [0.25, 0.3) is 0 Å². The summed E-state index contributed by atoms with van der Waals surface area (Å²) in [7, 11) is 0. The van der Waals surface area contributed by atoms with E-state index in [0.717, 1.165) is 0 Å². The van der Waals surface area contributed by atoms with Gasteiger partial charge in [0.1, 0.15) is 0 Å². The van der Waals surface area contributed by atoms with Gasteiger partial charge in [0, 0.05) is 129 Å². The second-order valence-electron chi connectivity index (χ2n) is 0. The number of rotatable bonds is 0. The molecular weight excluding hydrogens is 515 g/mol. The summed E-state index contributed by atoms with van der Waals surface area (Å²) in [5, 5.41) is 0. The SMILES string of the molecule is [GeH4].[GeH4].[GeH4].[GeH4].[Sc].[Sc].[Sc].[Sc].[Sc]. The summed E-state index contributed by atoms with van der Waals surface area (Å²) in [5.41, 5.74) is 0. The van der Waals surface area contributed by atoms with Gasteiger partial charge in [-0.25, -0.2) is 0 Å². The molecule has 0 aliphatic rings. The molecule has 9 heavy (non-hydrogen) atoms. The minimum Gasteiger partial charge on any atom is 0 e. The first-order valence-electron chi connectivity index (χ1n) is 0. The van der Waals surface area contributed by atoms with E-state index in [2.05, 4.69) is 0 Å². The second-order valence-corrected chi connectivity index (χ2v) is 0. The molecule has 0 atom stereocenters. The van der Waals surface area contributed by atoms with E-state index < -0.39 is 0 Å². The Hall–Kier alpha value is 6.52. The van der Waals surface area contributed by atoms with E-state index >= 15 is 0 Å². The van der Waals surface area contributed by atoms with Crippen LogP contribution >= 0.6 is 0 Å². The number of hydrogen-bond acceptors (Lipinski definition) is 0. The van der Waals surface area contributed by atoms with Crippen LogP contribution in [0.15, 0.2) is 0 Å². The summed E-state index contributed by atoms with van der Waals surface area (Å²) >= 11 is 0. The third kappa shape index (κ3) is 53.5. The fourth-order valence-electron chi connectivity index (χ4n) is 0. The minimum atomic E-state index is 0. The summed E-state index contributed by atoms with van der Waals surface area (Å²) in [5.74, 6) is 0. The van der Waals surface area contributed by atoms with Crippen molar-refractivity contribution in [1.82, 2.24) is 0 Å². The molecule has 0 aromatic carbocycles. The Balaban J connectivity index is 0. The average molecular weight is 531 g/mol. The first-order chi connectivity index (χ1) is 0. The molecule has 0 spiro atoms. The van der Waals surface area contributed by atoms with Gasteiger partial charge in [0.05, 0.1) is 0 Å². The fraction of sp³-hybridized carbons (Fsp3) is 0. The third-order valence-electron chi connectivity index (χ3n) is 0. The first kappa shape index (κ1) is 77.0. The predicted octanol–water partition coefficient (Wildman–Crippen LogP) is -5.82. The molecule has 0 heterocycles. The molecule has 47 valence electrons. The minimum absolute atomic E-state index is 0. The quantitative estimate of drug-likeness (QED) is 0.274. The zero-order valence-electron chi connectivity index (χ0n) is 2.89. The van der Waals surface area contributed by atoms with Gasteiger partial charge in [-0.05, 0) is 0 Å². The van der Waals surface area contributed by atoms with Crippen LogP contribution in [0.4, 0.5) is 0 Å². The maximum atomic E-state index is 0. The van der Waals surface area contributed by atoms with E-state index in [1.807, 2.05) is 0 Å². The van der Waals surface area contributed by atoms with Gasteiger partial charge in [-0.15, -0.1) is 0 Å². The van der Waals surface area contributed by atoms with Gasteiger partial charge in [-0.2, -0.15) is 0 Å². The van der Waals surface area contributed by atoms with Crippen molar-refractivity contribution < 1.29 is 129 Å². The zero-order chi connectivity index (χ0) is 0. The summed E-state index contributed by atoms with van der Waals surface area (Å²) in [6.07, 6.45) is 0. The monoisotopic (exact) mass is 537 g/mol. The molecule has 0 aromatic rings. The summed E-state index contributed by atoms with van der Waals surface area (Å²) in [6, 6.07) is 0. The van der Waals surface area contributed by atoms with E-state index in [4.69, 9.17) is 0 Å². The molecule has 0 unspecified atom stereocenters. The Bertz CT molecular complexity index is 8.92. The number of hydrogen-bond donors (Lipinski definition) is 0. The van der Waals surface area contributed by atoms with Crippen LogP contribution < -0.4 is 0 Å². The molecule has 0 aliphatic heterocycles. The molecule has 9 heteroatoms. The smallest absolute Gasteiger partial charge is 0 e. The van der Waals surface area contributed by atoms with Crippen LogP contribution in [0, 0.1) is 0 Å². The molecule has 0 aliphatic carbocycles. The molecule has 0 nitrogen and oxygen atoms in total. The molecule has 0 amide bonds. The van der Waals surface area contributed by atoms with Crippen LogP contribution in [0.5, 0.6) is 0 Å². The molecule has 0 saturated carbocycles. The van der Waals surface area contributed by atoms with Crippen LogP contribution in [0.3, 0.4) is 0 Å². The molecular formula is H16Ge4Sc5. The Morgan fingerprint density at radius 1 is 0.222 bits per heavy atom. The van der Waals surface area contributed by atoms with Crippen LogP contribution in [0.2, 0.25) is 0 Å². The van der Waals surface area contributed by atoms with Gasteiger partial charge >= 0.3 is 70.4 Å². The van der Waals surface area contributed by atoms with Crippen LogP contribution in [-0.2, 0) is 129 Å². The van der Waals surface area contributed by atoms with Crippen molar-refractivity contribution in [2.75, 3.05) is 0 Å². The summed E-state index contributed by atoms with van der Waals surface area (Å²) in [6.45, 7) is 0. The Labute approximate surface area is 194 Å². The van der Waals surface area contributed by atoms with Crippen molar-refractivity contribution in [3.05, 3.63) is 0 Å². The predicted molar refractivity (Wildman–Crippen MR) is 45.3 cm³/mol. The van der Waals surface area contributed by atoms with Crippen molar-refractivity contribution in [3.8, 4) is 0 Å². The maximum Gasteiger partial charge on any atom is 0 e. The van der Waals surface area contributed by atoms with Gasteiger partial charge in [-0.3, -0.25) is 0 Å². The normalized spacial score (nSPS) is 0. The molecule has 0 saturated heterocycles. The van der Waals surface area contributed by atoms with Crippen molar-refractivity contribution in [2.24, 2.45) is 0 Å². The van der Waals surface area contributed by atoms with E-state index in [9.17, 15) is 0 Å². The van der Waals surface area contributed by atoms with Crippen LogP contribution in [0.1, 0.15) is 0 Å². The van der Waals surface area contributed by atoms with Gasteiger partial charge in [0.15, 0.2) is 0 Å². The second kappa shape index (κ2) is 62.4. The summed E-state index contributed by atoms with van der Waals surface area (Å²) in [4.78, 5) is 0. The molecule has 0 rings (SSSR count). The van der Waals surface area contributed by atoms with Crippen molar-refractivity contribution in [1.29, 1.82) is 0 Å². The average Bonchev–Trinajstić information content (AvgIpc) is 0. The van der Waals surface area contributed by atoms with Crippen molar-refractivity contribution in [3.63, 3.8) is 0 Å². The maximum absolute atomic E-state index is 0. The van der Waals surface area contributed by atoms with Gasteiger partial charge in [0.2, 0.25) is 0 Å². The Kier molecular flexibility index (Phi) is 534. The van der Waals surface area contributed by atoms with Crippen molar-refractivity contribution >= 4 is 70.4 Å². The third-order valence-corrected chi connectivity index (χ3v) is 0. The van der Waals surface area contributed by atoms with Crippen LogP contribution in [-0.4, -0.2) is 70.4 Å². The molecule has 0 fully saturated rings. The molecule has 0 aromatic heterocycles. The van der Waals surface area contributed by atoms with Crippen molar-refractivity contribution in [2.45, 2.75) is 0 Å². The van der Waals surface area contributed by atoms with E-state index in [0.29, 0.717) is 0 Å².